The van der Waals surface area contributed by atoms with Gasteiger partial charge in [-0.05, 0) is 111 Å². The molecule has 0 fully saturated rings. The normalized spacial score (nSPS) is 12.0. The molecule has 6 N–H and O–H groups in total. The summed E-state index contributed by atoms with van der Waals surface area (Å²) in [4.78, 5) is 30.8. The predicted octanol–water partition coefficient (Wildman–Crippen LogP) is 6.69. The molecule has 0 radical (unpaired) electrons. The SMILES string of the molecule is NC(=O)C(=Cc1ccccc1)CCCc1cc[nH]c1CCCCc1[nH]ccc1CCCC(=Cc1ccccc1)C(N)=O. The van der Waals surface area contributed by atoms with Crippen LogP contribution in [-0.2, 0) is 35.3 Å². The molecule has 0 aliphatic heterocycles. The van der Waals surface area contributed by atoms with E-state index < -0.39 is 0 Å². The molecule has 0 spiro atoms. The van der Waals surface area contributed by atoms with Crippen molar-refractivity contribution >= 4 is 24.0 Å². The third kappa shape index (κ3) is 9.51. The van der Waals surface area contributed by atoms with Crippen molar-refractivity contribution in [2.45, 2.75) is 64.2 Å². The number of nitrogens with one attached hydrogen (secondary N) is 2. The third-order valence-corrected chi connectivity index (χ3v) is 7.66. The topological polar surface area (TPSA) is 118 Å². The Kier molecular flexibility index (Phi) is 11.6. The van der Waals surface area contributed by atoms with Crippen molar-refractivity contribution < 1.29 is 9.59 Å². The Labute approximate surface area is 248 Å². The standard InChI is InChI=1S/C36H42N4O2/c37-35(41)31(25-27-11-3-1-4-12-27)17-9-15-29-21-23-39-33(29)19-7-8-20-34-30(22-24-40-34)16-10-18-32(36(38)42)26-28-13-5-2-6-14-28/h1-6,11-14,21-26,39-40H,7-10,15-20H2,(H2,37,41)(H2,38,42). The minimum Gasteiger partial charge on any atom is -0.366 e. The summed E-state index contributed by atoms with van der Waals surface area (Å²) in [5.41, 5.74) is 19.8. The maximum Gasteiger partial charge on any atom is 0.244 e. The summed E-state index contributed by atoms with van der Waals surface area (Å²) in [6, 6.07) is 24.0. The number of H-pyrrole nitrogens is 2. The number of carbonyl (C=O) groups is 2. The quantitative estimate of drug-likeness (QED) is 0.0847. The highest BCUT2D eigenvalue weighted by molar-refractivity contribution is 5.97. The van der Waals surface area contributed by atoms with Gasteiger partial charge in [0.25, 0.3) is 0 Å². The third-order valence-electron chi connectivity index (χ3n) is 7.66. The first-order valence-electron chi connectivity index (χ1n) is 14.9. The predicted molar refractivity (Wildman–Crippen MR) is 171 cm³/mol. The van der Waals surface area contributed by atoms with Crippen LogP contribution in [0.3, 0.4) is 0 Å². The molecule has 6 nitrogen and oxygen atoms in total. The maximum atomic E-state index is 12.0. The Morgan fingerprint density at radius 2 is 0.952 bits per heavy atom. The largest absolute Gasteiger partial charge is 0.366 e. The maximum absolute atomic E-state index is 12.0. The molecule has 0 aliphatic carbocycles. The molecule has 0 aliphatic rings. The second-order valence-electron chi connectivity index (χ2n) is 10.8. The molecule has 0 saturated carbocycles. The van der Waals surface area contributed by atoms with Crippen molar-refractivity contribution in [2.24, 2.45) is 11.5 Å². The molecule has 2 aromatic carbocycles. The van der Waals surface area contributed by atoms with E-state index >= 15 is 0 Å². The highest BCUT2D eigenvalue weighted by atomic mass is 16.1. The van der Waals surface area contributed by atoms with Gasteiger partial charge in [-0.2, -0.15) is 0 Å². The molecule has 2 amide bonds. The number of aryl methyl sites for hydroxylation is 4. The molecular formula is C36H42N4O2. The van der Waals surface area contributed by atoms with Crippen LogP contribution in [0, 0.1) is 0 Å². The number of hydrogen-bond acceptors (Lipinski definition) is 2. The van der Waals surface area contributed by atoms with Crippen LogP contribution in [0.25, 0.3) is 12.2 Å². The lowest BCUT2D eigenvalue weighted by molar-refractivity contribution is -0.115. The average molecular weight is 563 g/mol. The number of carbonyl (C=O) groups excluding carboxylic acids is 2. The van der Waals surface area contributed by atoms with Crippen LogP contribution in [-0.4, -0.2) is 21.8 Å². The molecule has 218 valence electrons. The molecule has 2 aromatic heterocycles. The van der Waals surface area contributed by atoms with E-state index in [9.17, 15) is 9.59 Å². The molecule has 4 rings (SSSR count). The zero-order valence-corrected chi connectivity index (χ0v) is 24.3. The zero-order chi connectivity index (χ0) is 29.6. The van der Waals surface area contributed by atoms with Crippen LogP contribution in [0.1, 0.15) is 72.2 Å². The minimum absolute atomic E-state index is 0.353. The van der Waals surface area contributed by atoms with Crippen molar-refractivity contribution in [1.29, 1.82) is 0 Å². The van der Waals surface area contributed by atoms with E-state index in [0.717, 1.165) is 62.5 Å². The Bertz CT molecular complexity index is 1370. The number of amides is 2. The zero-order valence-electron chi connectivity index (χ0n) is 24.3. The number of rotatable bonds is 17. The first-order chi connectivity index (χ1) is 20.5. The minimum atomic E-state index is -0.353. The van der Waals surface area contributed by atoms with Gasteiger partial charge in [0.05, 0.1) is 0 Å². The van der Waals surface area contributed by atoms with Gasteiger partial charge in [0, 0.05) is 34.9 Å². The monoisotopic (exact) mass is 562 g/mol. The number of nitrogens with two attached hydrogens (primary N) is 2. The van der Waals surface area contributed by atoms with Gasteiger partial charge in [-0.3, -0.25) is 9.59 Å². The van der Waals surface area contributed by atoms with Crippen LogP contribution in [0.2, 0.25) is 0 Å². The van der Waals surface area contributed by atoms with Crippen LogP contribution in [0.4, 0.5) is 0 Å². The van der Waals surface area contributed by atoms with Crippen LogP contribution >= 0.6 is 0 Å². The van der Waals surface area contributed by atoms with Crippen molar-refractivity contribution in [3.63, 3.8) is 0 Å². The van der Waals surface area contributed by atoms with Crippen molar-refractivity contribution in [3.05, 3.63) is 130 Å². The highest BCUT2D eigenvalue weighted by Gasteiger charge is 2.10. The van der Waals surface area contributed by atoms with Crippen molar-refractivity contribution in [3.8, 4) is 0 Å². The van der Waals surface area contributed by atoms with Gasteiger partial charge < -0.3 is 21.4 Å². The van der Waals surface area contributed by atoms with E-state index in [0.29, 0.717) is 24.0 Å². The van der Waals surface area contributed by atoms with E-state index in [-0.39, 0.29) is 11.8 Å². The summed E-state index contributed by atoms with van der Waals surface area (Å²) in [6.07, 6.45) is 16.8. The molecule has 0 bridgehead atoms. The van der Waals surface area contributed by atoms with E-state index in [4.69, 9.17) is 11.5 Å². The molecule has 6 heteroatoms. The fraction of sp³-hybridized carbons (Fsp3) is 0.278. The highest BCUT2D eigenvalue weighted by Crippen LogP contribution is 2.20. The van der Waals surface area contributed by atoms with E-state index in [1.807, 2.05) is 85.2 Å². The Hall–Kier alpha value is -4.58. The van der Waals surface area contributed by atoms with Crippen LogP contribution in [0.5, 0.6) is 0 Å². The van der Waals surface area contributed by atoms with E-state index in [2.05, 4.69) is 22.1 Å². The molecule has 2 heterocycles. The number of primary amides is 2. The lowest BCUT2D eigenvalue weighted by Gasteiger charge is -2.08. The smallest absolute Gasteiger partial charge is 0.244 e. The number of unbranched alkanes of at least 4 members (excludes halogenated alkanes) is 1. The lowest BCUT2D eigenvalue weighted by atomic mass is 9.99. The van der Waals surface area contributed by atoms with E-state index in [1.165, 1.54) is 22.5 Å². The Morgan fingerprint density at radius 3 is 1.33 bits per heavy atom. The van der Waals surface area contributed by atoms with Gasteiger partial charge in [-0.1, -0.05) is 60.7 Å². The molecule has 0 unspecified atom stereocenters. The van der Waals surface area contributed by atoms with Gasteiger partial charge in [0.1, 0.15) is 0 Å². The van der Waals surface area contributed by atoms with Gasteiger partial charge in [0.2, 0.25) is 11.8 Å². The van der Waals surface area contributed by atoms with Crippen LogP contribution in [0.15, 0.2) is 96.3 Å². The van der Waals surface area contributed by atoms with Crippen LogP contribution < -0.4 is 11.5 Å². The van der Waals surface area contributed by atoms with Crippen molar-refractivity contribution in [1.82, 2.24) is 9.97 Å². The first kappa shape index (κ1) is 30.4. The summed E-state index contributed by atoms with van der Waals surface area (Å²) < 4.78 is 0. The molecule has 42 heavy (non-hydrogen) atoms. The van der Waals surface area contributed by atoms with E-state index in [1.54, 1.807) is 0 Å². The first-order valence-corrected chi connectivity index (χ1v) is 14.9. The Balaban J connectivity index is 1.20. The molecule has 4 aromatic rings. The van der Waals surface area contributed by atoms with Crippen molar-refractivity contribution in [2.75, 3.05) is 0 Å². The second-order valence-corrected chi connectivity index (χ2v) is 10.8. The molecular weight excluding hydrogens is 520 g/mol. The summed E-state index contributed by atoms with van der Waals surface area (Å²) in [6.45, 7) is 0. The summed E-state index contributed by atoms with van der Waals surface area (Å²) >= 11 is 0. The fourth-order valence-corrected chi connectivity index (χ4v) is 5.38. The summed E-state index contributed by atoms with van der Waals surface area (Å²) in [5.74, 6) is -0.706. The average Bonchev–Trinajstić information content (AvgIpc) is 3.64. The second kappa shape index (κ2) is 16.0. The Morgan fingerprint density at radius 1 is 0.548 bits per heavy atom. The number of aromatic amines is 2. The molecule has 0 atom stereocenters. The lowest BCUT2D eigenvalue weighted by Crippen LogP contribution is -2.14. The van der Waals surface area contributed by atoms with Gasteiger partial charge in [0.15, 0.2) is 0 Å². The summed E-state index contributed by atoms with van der Waals surface area (Å²) in [5, 5.41) is 0. The molecule has 0 saturated heterocycles. The summed E-state index contributed by atoms with van der Waals surface area (Å²) in [7, 11) is 0. The number of hydrogen-bond donors (Lipinski definition) is 4. The number of aromatic nitrogens is 2. The van der Waals surface area contributed by atoms with Gasteiger partial charge in [-0.15, -0.1) is 0 Å². The number of benzene rings is 2. The van der Waals surface area contributed by atoms with Gasteiger partial charge >= 0.3 is 0 Å². The van der Waals surface area contributed by atoms with Gasteiger partial charge in [-0.25, -0.2) is 0 Å². The fourth-order valence-electron chi connectivity index (χ4n) is 5.38.